The molecule has 2 rings (SSSR count). The molecule has 1 atom stereocenters. The molecule has 106 valence electrons. The minimum Gasteiger partial charge on any atom is -0.314 e. The molecular weight excluding hydrogens is 239 g/mol. The van der Waals surface area contributed by atoms with Crippen LogP contribution in [0.3, 0.4) is 0 Å². The zero-order chi connectivity index (χ0) is 13.9. The third kappa shape index (κ3) is 3.54. The Kier molecular flexibility index (Phi) is 4.58. The molecule has 1 aromatic carbocycles. The molecule has 3 heteroatoms. The second kappa shape index (κ2) is 6.02. The highest BCUT2D eigenvalue weighted by Gasteiger charge is 2.22. The van der Waals surface area contributed by atoms with Crippen LogP contribution in [0.1, 0.15) is 37.9 Å². The number of nitrogens with zero attached hydrogens (tertiary/aromatic N) is 1. The first-order valence-electron chi connectivity index (χ1n) is 7.13. The molecule has 0 spiro atoms. The van der Waals surface area contributed by atoms with E-state index in [-0.39, 0.29) is 18.1 Å². The number of halogens is 1. The Morgan fingerprint density at radius 2 is 1.74 bits per heavy atom. The van der Waals surface area contributed by atoms with Crippen LogP contribution in [0.2, 0.25) is 0 Å². The molecule has 1 fully saturated rings. The lowest BCUT2D eigenvalue weighted by Crippen LogP contribution is -2.45. The van der Waals surface area contributed by atoms with Crippen molar-refractivity contribution in [3.05, 3.63) is 35.4 Å². The van der Waals surface area contributed by atoms with Crippen LogP contribution in [0.15, 0.2) is 24.3 Å². The molecule has 0 radical (unpaired) electrons. The van der Waals surface area contributed by atoms with Crippen LogP contribution in [0.25, 0.3) is 0 Å². The van der Waals surface area contributed by atoms with Gasteiger partial charge in [-0.05, 0) is 16.5 Å². The number of hydrogen-bond donors (Lipinski definition) is 1. The fraction of sp³-hybridized carbons (Fsp3) is 0.625. The summed E-state index contributed by atoms with van der Waals surface area (Å²) in [6.07, 6.45) is 0. The Balaban J connectivity index is 2.14. The zero-order valence-electron chi connectivity index (χ0n) is 12.2. The van der Waals surface area contributed by atoms with E-state index in [1.807, 2.05) is 0 Å². The van der Waals surface area contributed by atoms with E-state index in [4.69, 9.17) is 0 Å². The quantitative estimate of drug-likeness (QED) is 0.903. The van der Waals surface area contributed by atoms with Crippen molar-refractivity contribution in [1.29, 1.82) is 0 Å². The van der Waals surface area contributed by atoms with Gasteiger partial charge in [0, 0.05) is 26.2 Å². The number of hydrogen-bond acceptors (Lipinski definition) is 2. The van der Waals surface area contributed by atoms with Gasteiger partial charge in [-0.2, -0.15) is 0 Å². The van der Waals surface area contributed by atoms with E-state index >= 15 is 0 Å². The van der Waals surface area contributed by atoms with Crippen LogP contribution in [0, 0.1) is 0 Å². The van der Waals surface area contributed by atoms with Gasteiger partial charge in [0.1, 0.15) is 6.67 Å². The molecule has 0 aliphatic carbocycles. The van der Waals surface area contributed by atoms with Crippen molar-refractivity contribution < 1.29 is 4.39 Å². The molecule has 1 heterocycles. The topological polar surface area (TPSA) is 15.3 Å². The van der Waals surface area contributed by atoms with Crippen molar-refractivity contribution in [2.24, 2.45) is 0 Å². The van der Waals surface area contributed by atoms with Gasteiger partial charge in [0.25, 0.3) is 0 Å². The zero-order valence-corrected chi connectivity index (χ0v) is 12.2. The Morgan fingerprint density at radius 3 is 2.21 bits per heavy atom. The second-order valence-corrected chi connectivity index (χ2v) is 6.33. The van der Waals surface area contributed by atoms with Crippen molar-refractivity contribution in [3.8, 4) is 0 Å². The largest absolute Gasteiger partial charge is 0.314 e. The van der Waals surface area contributed by atoms with Crippen molar-refractivity contribution >= 4 is 0 Å². The highest BCUT2D eigenvalue weighted by atomic mass is 19.1. The number of piperazine rings is 1. The summed E-state index contributed by atoms with van der Waals surface area (Å²) in [5.41, 5.74) is 2.55. The molecule has 0 amide bonds. The average molecular weight is 264 g/mol. The van der Waals surface area contributed by atoms with E-state index in [2.05, 4.69) is 55.3 Å². The van der Waals surface area contributed by atoms with Crippen LogP contribution >= 0.6 is 0 Å². The second-order valence-electron chi connectivity index (χ2n) is 6.33. The van der Waals surface area contributed by atoms with Crippen LogP contribution in [-0.4, -0.2) is 37.8 Å². The molecule has 1 saturated heterocycles. The minimum absolute atomic E-state index is 0.0869. The van der Waals surface area contributed by atoms with Gasteiger partial charge in [-0.15, -0.1) is 0 Å². The van der Waals surface area contributed by atoms with Gasteiger partial charge >= 0.3 is 0 Å². The van der Waals surface area contributed by atoms with Crippen LogP contribution in [-0.2, 0) is 5.41 Å². The molecule has 1 aliphatic rings. The third-order valence-electron chi connectivity index (χ3n) is 3.90. The number of nitrogens with one attached hydrogen (secondary N) is 1. The van der Waals surface area contributed by atoms with Gasteiger partial charge in [-0.3, -0.25) is 4.90 Å². The van der Waals surface area contributed by atoms with Crippen LogP contribution in [0.5, 0.6) is 0 Å². The Bertz CT molecular complexity index is 388. The lowest BCUT2D eigenvalue weighted by atomic mass is 9.86. The summed E-state index contributed by atoms with van der Waals surface area (Å²) < 4.78 is 13.4. The Morgan fingerprint density at radius 1 is 1.16 bits per heavy atom. The van der Waals surface area contributed by atoms with Crippen molar-refractivity contribution in [1.82, 2.24) is 10.2 Å². The predicted molar refractivity (Wildman–Crippen MR) is 78.3 cm³/mol. The van der Waals surface area contributed by atoms with Crippen molar-refractivity contribution in [2.45, 2.75) is 32.2 Å². The summed E-state index contributed by atoms with van der Waals surface area (Å²) in [5, 5.41) is 3.31. The van der Waals surface area contributed by atoms with Crippen molar-refractivity contribution in [2.75, 3.05) is 32.9 Å². The van der Waals surface area contributed by atoms with Gasteiger partial charge in [0.15, 0.2) is 0 Å². The van der Waals surface area contributed by atoms with Gasteiger partial charge < -0.3 is 5.32 Å². The normalized spacial score (nSPS) is 19.4. The number of rotatable bonds is 3. The SMILES string of the molecule is CC(C)(C)c1ccc([C@H](CF)N2CCNCC2)cc1. The van der Waals surface area contributed by atoms with Crippen LogP contribution in [0.4, 0.5) is 4.39 Å². The summed E-state index contributed by atoms with van der Waals surface area (Å²) in [6, 6.07) is 8.37. The first-order chi connectivity index (χ1) is 9.02. The van der Waals surface area contributed by atoms with Gasteiger partial charge in [-0.25, -0.2) is 4.39 Å². The molecule has 2 nitrogen and oxygen atoms in total. The standard InChI is InChI=1S/C16H25FN2/c1-16(2,3)14-6-4-13(5-7-14)15(12-17)19-10-8-18-9-11-19/h4-7,15,18H,8-12H2,1-3H3/t15-/m0/s1. The molecule has 1 N–H and O–H groups in total. The van der Waals surface area contributed by atoms with Gasteiger partial charge in [0.2, 0.25) is 0 Å². The fourth-order valence-corrected chi connectivity index (χ4v) is 2.60. The van der Waals surface area contributed by atoms with E-state index in [0.29, 0.717) is 0 Å². The Hall–Kier alpha value is -0.930. The maximum Gasteiger partial charge on any atom is 0.109 e. The molecule has 1 aliphatic heterocycles. The lowest BCUT2D eigenvalue weighted by Gasteiger charge is -2.34. The predicted octanol–water partition coefficient (Wildman–Crippen LogP) is 2.90. The minimum atomic E-state index is -0.311. The third-order valence-corrected chi connectivity index (χ3v) is 3.90. The molecule has 1 aromatic rings. The maximum atomic E-state index is 13.4. The van der Waals surface area contributed by atoms with E-state index in [1.165, 1.54) is 5.56 Å². The molecule has 0 aromatic heterocycles. The smallest absolute Gasteiger partial charge is 0.109 e. The summed E-state index contributed by atoms with van der Waals surface area (Å²) in [4.78, 5) is 2.24. The van der Waals surface area contributed by atoms with E-state index in [0.717, 1.165) is 31.7 Å². The van der Waals surface area contributed by atoms with E-state index in [9.17, 15) is 4.39 Å². The van der Waals surface area contributed by atoms with Gasteiger partial charge in [0.05, 0.1) is 6.04 Å². The lowest BCUT2D eigenvalue weighted by molar-refractivity contribution is 0.147. The molecule has 0 unspecified atom stereocenters. The summed E-state index contributed by atoms with van der Waals surface area (Å²) in [7, 11) is 0. The van der Waals surface area contributed by atoms with Crippen molar-refractivity contribution in [3.63, 3.8) is 0 Å². The summed E-state index contributed by atoms with van der Waals surface area (Å²) in [6.45, 7) is 10.0. The average Bonchev–Trinajstić information content (AvgIpc) is 2.40. The maximum absolute atomic E-state index is 13.4. The van der Waals surface area contributed by atoms with Crippen LogP contribution < -0.4 is 5.32 Å². The highest BCUT2D eigenvalue weighted by Crippen LogP contribution is 2.26. The first kappa shape index (κ1) is 14.5. The molecule has 19 heavy (non-hydrogen) atoms. The number of benzene rings is 1. The van der Waals surface area contributed by atoms with Gasteiger partial charge in [-0.1, -0.05) is 45.0 Å². The molecule has 0 bridgehead atoms. The molecular formula is C16H25FN2. The summed E-state index contributed by atoms with van der Waals surface area (Å²) >= 11 is 0. The van der Waals surface area contributed by atoms with E-state index in [1.54, 1.807) is 0 Å². The first-order valence-corrected chi connectivity index (χ1v) is 7.13. The Labute approximate surface area is 116 Å². The van der Waals surface area contributed by atoms with E-state index < -0.39 is 0 Å². The molecule has 0 saturated carbocycles. The fourth-order valence-electron chi connectivity index (χ4n) is 2.60. The highest BCUT2D eigenvalue weighted by molar-refractivity contribution is 5.29. The monoisotopic (exact) mass is 264 g/mol. The summed E-state index contributed by atoms with van der Waals surface area (Å²) in [5.74, 6) is 0. The number of alkyl halides is 1.